The molecule has 6 rings (SSSR count). The van der Waals surface area contributed by atoms with Gasteiger partial charge in [-0.1, -0.05) is 31.0 Å². The number of piperidine rings is 2. The zero-order chi connectivity index (χ0) is 33.9. The van der Waals surface area contributed by atoms with Crippen molar-refractivity contribution in [3.8, 4) is 0 Å². The summed E-state index contributed by atoms with van der Waals surface area (Å²) in [5.41, 5.74) is 3.62. The number of unbranched alkanes of at least 4 members (excludes halogenated alkanes) is 3. The van der Waals surface area contributed by atoms with Gasteiger partial charge < -0.3 is 15.1 Å². The number of rotatable bonds is 12. The van der Waals surface area contributed by atoms with Crippen molar-refractivity contribution >= 4 is 52.8 Å². The van der Waals surface area contributed by atoms with Crippen LogP contribution in [0.5, 0.6) is 0 Å². The van der Waals surface area contributed by atoms with Crippen molar-refractivity contribution in [1.82, 2.24) is 20.4 Å². The molecule has 4 heterocycles. The molecule has 13 heteroatoms. The first-order valence-corrected chi connectivity index (χ1v) is 16.4. The van der Waals surface area contributed by atoms with Crippen molar-refractivity contribution in [3.63, 3.8) is 0 Å². The fourth-order valence-electron chi connectivity index (χ4n) is 6.99. The molecule has 0 aromatic heterocycles. The lowest BCUT2D eigenvalue weighted by molar-refractivity contribution is -0.138. The van der Waals surface area contributed by atoms with Crippen molar-refractivity contribution in [2.75, 3.05) is 5.32 Å². The Bertz CT molecular complexity index is 1610. The number of ketones is 1. The summed E-state index contributed by atoms with van der Waals surface area (Å²) in [6, 6.07) is 8.93. The molecule has 250 valence electrons. The zero-order valence-electron chi connectivity index (χ0n) is 26.5. The number of hydrogen-bond donors (Lipinski definition) is 3. The third-order valence-corrected chi connectivity index (χ3v) is 9.53. The van der Waals surface area contributed by atoms with Crippen LogP contribution in [0.15, 0.2) is 36.4 Å². The van der Waals surface area contributed by atoms with Crippen LogP contribution in [0.4, 0.5) is 5.69 Å². The Hall–Kier alpha value is -5.20. The monoisotopic (exact) mass is 655 g/mol. The number of carbonyl (C=O) groups excluding carboxylic acids is 8. The summed E-state index contributed by atoms with van der Waals surface area (Å²) in [4.78, 5) is 102. The van der Waals surface area contributed by atoms with Crippen molar-refractivity contribution in [3.05, 3.63) is 64.2 Å². The van der Waals surface area contributed by atoms with E-state index in [1.165, 1.54) is 9.80 Å². The van der Waals surface area contributed by atoms with Gasteiger partial charge in [0.15, 0.2) is 0 Å². The highest BCUT2D eigenvalue weighted by Crippen LogP contribution is 2.33. The van der Waals surface area contributed by atoms with E-state index in [0.717, 1.165) is 24.0 Å². The molecule has 2 saturated heterocycles. The van der Waals surface area contributed by atoms with Gasteiger partial charge >= 0.3 is 0 Å². The Kier molecular flexibility index (Phi) is 9.47. The summed E-state index contributed by atoms with van der Waals surface area (Å²) < 4.78 is 0. The van der Waals surface area contributed by atoms with Crippen LogP contribution in [0.25, 0.3) is 0 Å². The number of Topliss-reactive ketones (excluding diaryl/α,β-unsaturated/α-hetero) is 1. The lowest BCUT2D eigenvalue weighted by Crippen LogP contribution is -2.52. The Morgan fingerprint density at radius 3 is 1.83 bits per heavy atom. The molecule has 13 nitrogen and oxygen atoms in total. The number of anilines is 1. The van der Waals surface area contributed by atoms with Gasteiger partial charge in [0.2, 0.25) is 29.5 Å². The number of benzene rings is 2. The number of imide groups is 2. The average molecular weight is 656 g/mol. The van der Waals surface area contributed by atoms with Crippen molar-refractivity contribution in [1.29, 1.82) is 0 Å². The standard InChI is InChI=1S/C35H37N5O8/c41-21(17-20-7-5-9-22-24(20)18-39(34(22)47)27-13-15-30(43)37-32(27)45)8-3-1-2-4-12-29(42)36-26-11-6-10-23-25(26)19-40(35(23)48)28-14-16-31(44)38-33(28)46/h5-7,9-11,27-28H,1-4,8,12-19H2,(H,36,42)(H,37,43,45)(H,38,44,46). The molecule has 0 radical (unpaired) electrons. The van der Waals surface area contributed by atoms with Crippen LogP contribution in [-0.4, -0.2) is 69.0 Å². The fourth-order valence-corrected chi connectivity index (χ4v) is 6.99. The Morgan fingerprint density at radius 2 is 1.23 bits per heavy atom. The van der Waals surface area contributed by atoms with Gasteiger partial charge in [-0.25, -0.2) is 0 Å². The lowest BCUT2D eigenvalue weighted by Gasteiger charge is -2.29. The van der Waals surface area contributed by atoms with Gasteiger partial charge in [0.05, 0.1) is 0 Å². The van der Waals surface area contributed by atoms with E-state index >= 15 is 0 Å². The molecule has 2 fully saturated rings. The van der Waals surface area contributed by atoms with Gasteiger partial charge in [-0.3, -0.25) is 49.0 Å². The molecule has 7 amide bonds. The number of fused-ring (bicyclic) bond motifs is 2. The van der Waals surface area contributed by atoms with Gasteiger partial charge in [0.1, 0.15) is 17.9 Å². The van der Waals surface area contributed by atoms with Crippen LogP contribution < -0.4 is 16.0 Å². The van der Waals surface area contributed by atoms with Crippen LogP contribution in [0, 0.1) is 0 Å². The molecule has 0 aliphatic carbocycles. The smallest absolute Gasteiger partial charge is 0.255 e. The van der Waals surface area contributed by atoms with Crippen LogP contribution in [0.2, 0.25) is 0 Å². The molecule has 0 spiro atoms. The largest absolute Gasteiger partial charge is 0.326 e. The molecule has 2 aromatic carbocycles. The predicted molar refractivity (Wildman–Crippen MR) is 170 cm³/mol. The number of carbonyl (C=O) groups is 8. The Morgan fingerprint density at radius 1 is 0.688 bits per heavy atom. The summed E-state index contributed by atoms with van der Waals surface area (Å²) in [7, 11) is 0. The maximum absolute atomic E-state index is 13.0. The number of nitrogens with one attached hydrogen (secondary N) is 3. The summed E-state index contributed by atoms with van der Waals surface area (Å²) in [5.74, 6) is -2.36. The van der Waals surface area contributed by atoms with E-state index in [1.807, 2.05) is 6.07 Å². The summed E-state index contributed by atoms with van der Waals surface area (Å²) in [5, 5.41) is 7.49. The van der Waals surface area contributed by atoms with Crippen molar-refractivity contribution in [2.24, 2.45) is 0 Å². The quantitative estimate of drug-likeness (QED) is 0.230. The lowest BCUT2D eigenvalue weighted by atomic mass is 9.97. The number of nitrogens with zero attached hydrogens (tertiary/aromatic N) is 2. The van der Waals surface area contributed by atoms with Crippen molar-refractivity contribution in [2.45, 2.75) is 95.8 Å². The van der Waals surface area contributed by atoms with Gasteiger partial charge in [-0.15, -0.1) is 0 Å². The van der Waals surface area contributed by atoms with E-state index in [2.05, 4.69) is 16.0 Å². The molecule has 48 heavy (non-hydrogen) atoms. The van der Waals surface area contributed by atoms with E-state index < -0.39 is 23.9 Å². The summed E-state index contributed by atoms with van der Waals surface area (Å²) in [6.07, 6.45) is 4.53. The van der Waals surface area contributed by atoms with Crippen molar-refractivity contribution < 1.29 is 38.4 Å². The maximum Gasteiger partial charge on any atom is 0.255 e. The molecule has 0 saturated carbocycles. The molecule has 3 N–H and O–H groups in total. The van der Waals surface area contributed by atoms with E-state index in [4.69, 9.17) is 0 Å². The Labute approximate surface area is 276 Å². The van der Waals surface area contributed by atoms with Crippen LogP contribution in [0.1, 0.15) is 102 Å². The van der Waals surface area contributed by atoms with E-state index in [-0.39, 0.29) is 86.9 Å². The molecule has 0 bridgehead atoms. The highest BCUT2D eigenvalue weighted by atomic mass is 16.2. The first kappa shape index (κ1) is 32.7. The third kappa shape index (κ3) is 6.76. The highest BCUT2D eigenvalue weighted by molar-refractivity contribution is 6.07. The van der Waals surface area contributed by atoms with E-state index in [9.17, 15) is 38.4 Å². The van der Waals surface area contributed by atoms with Gasteiger partial charge in [-0.05, 0) is 55.0 Å². The third-order valence-electron chi connectivity index (χ3n) is 9.53. The normalized spacial score (nSPS) is 20.4. The minimum atomic E-state index is -0.730. The topological polar surface area (TPSA) is 179 Å². The first-order chi connectivity index (χ1) is 23.1. The van der Waals surface area contributed by atoms with Crippen LogP contribution in [0.3, 0.4) is 0 Å². The predicted octanol–water partition coefficient (Wildman–Crippen LogP) is 2.30. The van der Waals surface area contributed by atoms with Gasteiger partial charge in [-0.2, -0.15) is 0 Å². The maximum atomic E-state index is 13.0. The van der Waals surface area contributed by atoms with Gasteiger partial charge in [0.25, 0.3) is 11.8 Å². The molecule has 2 aromatic rings. The first-order valence-electron chi connectivity index (χ1n) is 16.4. The minimum Gasteiger partial charge on any atom is -0.326 e. The Balaban J connectivity index is 0.926. The minimum absolute atomic E-state index is 0.0480. The fraction of sp³-hybridized carbons (Fsp3) is 0.429. The molecular weight excluding hydrogens is 618 g/mol. The average Bonchev–Trinajstić information content (AvgIpc) is 3.56. The van der Waals surface area contributed by atoms with Gasteiger partial charge in [0, 0.05) is 67.6 Å². The molecule has 2 unspecified atom stereocenters. The van der Waals surface area contributed by atoms with Crippen LogP contribution in [-0.2, 0) is 48.3 Å². The van der Waals surface area contributed by atoms with Crippen LogP contribution >= 0.6 is 0 Å². The summed E-state index contributed by atoms with van der Waals surface area (Å²) in [6.45, 7) is 0.400. The zero-order valence-corrected chi connectivity index (χ0v) is 26.5. The molecule has 4 aliphatic heterocycles. The second-order valence-corrected chi connectivity index (χ2v) is 12.8. The highest BCUT2D eigenvalue weighted by Gasteiger charge is 2.41. The second kappa shape index (κ2) is 13.9. The molecular formula is C35H37N5O8. The molecule has 4 aliphatic rings. The SMILES string of the molecule is O=C(CCCCCCC(=O)Nc1cccc2c1CN(C1CCC(=O)NC1=O)C2=O)Cc1cccc2c1CN(C1CCC(=O)NC1=O)C2=O. The molecule has 2 atom stereocenters. The summed E-state index contributed by atoms with van der Waals surface area (Å²) >= 11 is 0. The van der Waals surface area contributed by atoms with E-state index in [1.54, 1.807) is 30.3 Å². The number of hydrogen-bond acceptors (Lipinski definition) is 8. The second-order valence-electron chi connectivity index (χ2n) is 12.8. The van der Waals surface area contributed by atoms with E-state index in [0.29, 0.717) is 41.6 Å². The number of amides is 7.